The molecule has 0 aliphatic carbocycles. The van der Waals surface area contributed by atoms with Crippen molar-refractivity contribution < 1.29 is 19.4 Å². The molecule has 1 aromatic heterocycles. The van der Waals surface area contributed by atoms with Crippen LogP contribution in [0.3, 0.4) is 0 Å². The Bertz CT molecular complexity index is 1270. The van der Waals surface area contributed by atoms with Crippen LogP contribution in [0.4, 0.5) is 5.69 Å². The predicted octanol–water partition coefficient (Wildman–Crippen LogP) is 2.38. The summed E-state index contributed by atoms with van der Waals surface area (Å²) in [5, 5.41) is 18.2. The molecule has 1 spiro atoms. The number of aryl methyl sites for hydroxylation is 1. The third-order valence-electron chi connectivity index (χ3n) is 7.15. The van der Waals surface area contributed by atoms with Gasteiger partial charge in [0.25, 0.3) is 0 Å². The number of aliphatic carboxylic acids is 1. The third-order valence-corrected chi connectivity index (χ3v) is 7.15. The van der Waals surface area contributed by atoms with E-state index in [9.17, 15) is 14.7 Å². The lowest BCUT2D eigenvalue weighted by Crippen LogP contribution is -2.45. The highest BCUT2D eigenvalue weighted by Crippen LogP contribution is 2.56. The van der Waals surface area contributed by atoms with Crippen molar-refractivity contribution in [3.05, 3.63) is 71.5 Å². The molecule has 0 saturated carbocycles. The molecule has 34 heavy (non-hydrogen) atoms. The number of fused-ring (bicyclic) bond motifs is 8. The fourth-order valence-corrected chi connectivity index (χ4v) is 5.82. The van der Waals surface area contributed by atoms with Crippen LogP contribution < -0.4 is 9.64 Å². The Balaban J connectivity index is 1.55. The van der Waals surface area contributed by atoms with Crippen LogP contribution in [0.5, 0.6) is 5.75 Å². The Kier molecular flexibility index (Phi) is 4.88. The second kappa shape index (κ2) is 7.95. The Morgan fingerprint density at radius 3 is 2.94 bits per heavy atom. The number of carboxylic acids is 1. The van der Waals surface area contributed by atoms with E-state index in [4.69, 9.17) is 4.74 Å². The van der Waals surface area contributed by atoms with Crippen molar-refractivity contribution in [2.24, 2.45) is 0 Å². The Hall–Kier alpha value is -3.72. The topological polar surface area (TPSA) is 101 Å². The lowest BCUT2D eigenvalue weighted by atomic mass is 9.72. The first kappa shape index (κ1) is 20.9. The van der Waals surface area contributed by atoms with E-state index in [0.717, 1.165) is 23.2 Å². The minimum Gasteiger partial charge on any atom is -0.494 e. The lowest BCUT2D eigenvalue weighted by molar-refractivity contribution is -0.139. The number of rotatable bonds is 2. The number of anilines is 1. The maximum absolute atomic E-state index is 14.3. The third kappa shape index (κ3) is 3.19. The predicted molar refractivity (Wildman–Crippen MR) is 122 cm³/mol. The maximum Gasteiger partial charge on any atom is 0.317 e. The van der Waals surface area contributed by atoms with E-state index in [1.807, 2.05) is 59.6 Å². The molecular formula is C25H25N5O4. The number of carboxylic acid groups (broad SMARTS) is 1. The van der Waals surface area contributed by atoms with Gasteiger partial charge >= 0.3 is 5.97 Å². The first-order valence-electron chi connectivity index (χ1n) is 11.6. The standard InChI is InChI=1S/C25H25N5O4/c31-22(32)16-28-11-9-25-20-7-1-2-8-21(20)30(24(25)33)15-18-14-29(27-26-18)10-4-12-34-19-6-3-5-17(13-19)23(25)28/h1-3,5-8,13-14,23H,4,9-12,15-16H2,(H,31,32)/t23-,25+/m0/s1. The van der Waals surface area contributed by atoms with E-state index in [0.29, 0.717) is 44.1 Å². The van der Waals surface area contributed by atoms with Gasteiger partial charge in [-0.25, -0.2) is 0 Å². The molecule has 174 valence electrons. The van der Waals surface area contributed by atoms with Crippen molar-refractivity contribution in [2.45, 2.75) is 37.4 Å². The Morgan fingerprint density at radius 2 is 2.06 bits per heavy atom. The van der Waals surface area contributed by atoms with Gasteiger partial charge in [0.1, 0.15) is 11.4 Å². The summed E-state index contributed by atoms with van der Waals surface area (Å²) in [7, 11) is 0. The first-order chi connectivity index (χ1) is 16.6. The van der Waals surface area contributed by atoms with E-state index in [2.05, 4.69) is 10.3 Å². The van der Waals surface area contributed by atoms with Crippen molar-refractivity contribution in [3.8, 4) is 5.75 Å². The molecule has 3 aromatic rings. The molecule has 0 radical (unpaired) electrons. The molecule has 1 fully saturated rings. The normalized spacial score (nSPS) is 24.1. The highest BCUT2D eigenvalue weighted by molar-refractivity contribution is 6.09. The minimum atomic E-state index is -0.910. The molecule has 1 saturated heterocycles. The molecule has 6 rings (SSSR count). The van der Waals surface area contributed by atoms with Gasteiger partial charge in [0.2, 0.25) is 5.91 Å². The molecular weight excluding hydrogens is 434 g/mol. The van der Waals surface area contributed by atoms with Crippen molar-refractivity contribution in [2.75, 3.05) is 24.6 Å². The second-order valence-corrected chi connectivity index (χ2v) is 9.14. The number of benzene rings is 2. The number of nitrogens with zero attached hydrogens (tertiary/aromatic N) is 5. The largest absolute Gasteiger partial charge is 0.494 e. The number of aromatic nitrogens is 3. The zero-order chi connectivity index (χ0) is 23.3. The van der Waals surface area contributed by atoms with Crippen molar-refractivity contribution in [1.82, 2.24) is 19.9 Å². The molecule has 6 bridgehead atoms. The number of ether oxygens (including phenoxy) is 1. The summed E-state index contributed by atoms with van der Waals surface area (Å²) in [5.41, 5.74) is 2.50. The Morgan fingerprint density at radius 1 is 1.18 bits per heavy atom. The van der Waals surface area contributed by atoms with E-state index in [-0.39, 0.29) is 12.5 Å². The molecule has 9 heteroatoms. The van der Waals surface area contributed by atoms with E-state index < -0.39 is 17.4 Å². The number of para-hydroxylation sites is 1. The van der Waals surface area contributed by atoms with Gasteiger partial charge < -0.3 is 14.7 Å². The summed E-state index contributed by atoms with van der Waals surface area (Å²) in [4.78, 5) is 29.8. The van der Waals surface area contributed by atoms with Crippen molar-refractivity contribution >= 4 is 17.6 Å². The number of amides is 1. The van der Waals surface area contributed by atoms with Crippen LogP contribution in [0.1, 0.15) is 35.7 Å². The summed E-state index contributed by atoms with van der Waals surface area (Å²) in [5.74, 6) is -0.227. The minimum absolute atomic E-state index is 0.0256. The average Bonchev–Trinajstić information content (AvgIpc) is 3.49. The van der Waals surface area contributed by atoms with Crippen molar-refractivity contribution in [1.29, 1.82) is 0 Å². The number of carbonyl (C=O) groups excluding carboxylic acids is 1. The maximum atomic E-state index is 14.3. The second-order valence-electron chi connectivity index (χ2n) is 9.14. The van der Waals surface area contributed by atoms with Crippen LogP contribution >= 0.6 is 0 Å². The summed E-state index contributed by atoms with van der Waals surface area (Å²) in [6, 6.07) is 15.2. The molecule has 2 atom stereocenters. The molecule has 1 N–H and O–H groups in total. The van der Waals surface area contributed by atoms with Crippen LogP contribution in [-0.2, 0) is 28.1 Å². The van der Waals surface area contributed by atoms with Gasteiger partial charge in [0.05, 0.1) is 37.4 Å². The molecule has 4 heterocycles. The molecule has 1 amide bonds. The molecule has 9 nitrogen and oxygen atoms in total. The van der Waals surface area contributed by atoms with E-state index in [1.165, 1.54) is 0 Å². The highest BCUT2D eigenvalue weighted by Gasteiger charge is 2.60. The van der Waals surface area contributed by atoms with Crippen LogP contribution in [-0.4, -0.2) is 56.6 Å². The van der Waals surface area contributed by atoms with E-state index >= 15 is 0 Å². The smallest absolute Gasteiger partial charge is 0.317 e. The number of hydrogen-bond donors (Lipinski definition) is 1. The van der Waals surface area contributed by atoms with Gasteiger partial charge in [-0.2, -0.15) is 0 Å². The zero-order valence-corrected chi connectivity index (χ0v) is 18.6. The summed E-state index contributed by atoms with van der Waals surface area (Å²) in [6.45, 7) is 1.87. The zero-order valence-electron chi connectivity index (χ0n) is 18.6. The number of carbonyl (C=O) groups is 2. The molecule has 0 unspecified atom stereocenters. The highest BCUT2D eigenvalue weighted by atomic mass is 16.5. The quantitative estimate of drug-likeness (QED) is 0.628. The Labute approximate surface area is 196 Å². The fourth-order valence-electron chi connectivity index (χ4n) is 5.82. The van der Waals surface area contributed by atoms with Crippen LogP contribution in [0.25, 0.3) is 0 Å². The first-order valence-corrected chi connectivity index (χ1v) is 11.6. The van der Waals surface area contributed by atoms with Gasteiger partial charge in [-0.3, -0.25) is 19.2 Å². The SMILES string of the molecule is O=C(O)CN1CC[C@]23C(=O)N(Cc4cn(nn4)CCCOc4cccc(c4)[C@H]12)c1ccccc13. The summed E-state index contributed by atoms with van der Waals surface area (Å²) >= 11 is 0. The van der Waals surface area contributed by atoms with Gasteiger partial charge in [-0.05, 0) is 35.7 Å². The molecule has 2 aromatic carbocycles. The van der Waals surface area contributed by atoms with Gasteiger partial charge in [0, 0.05) is 25.2 Å². The lowest BCUT2D eigenvalue weighted by Gasteiger charge is -2.34. The van der Waals surface area contributed by atoms with E-state index in [1.54, 1.807) is 9.58 Å². The number of likely N-dealkylation sites (tertiary alicyclic amines) is 1. The van der Waals surface area contributed by atoms with Gasteiger partial charge in [0.15, 0.2) is 0 Å². The molecule has 3 aliphatic heterocycles. The van der Waals surface area contributed by atoms with Gasteiger partial charge in [-0.15, -0.1) is 5.10 Å². The van der Waals surface area contributed by atoms with Gasteiger partial charge in [-0.1, -0.05) is 35.5 Å². The van der Waals surface area contributed by atoms with Crippen molar-refractivity contribution in [3.63, 3.8) is 0 Å². The fraction of sp³-hybridized carbons (Fsp3) is 0.360. The number of hydrogen-bond acceptors (Lipinski definition) is 6. The van der Waals surface area contributed by atoms with Crippen LogP contribution in [0.15, 0.2) is 54.7 Å². The summed E-state index contributed by atoms with van der Waals surface area (Å²) < 4.78 is 7.80. The monoisotopic (exact) mass is 459 g/mol. The summed E-state index contributed by atoms with van der Waals surface area (Å²) in [6.07, 6.45) is 3.18. The van der Waals surface area contributed by atoms with Crippen LogP contribution in [0.2, 0.25) is 0 Å². The molecule has 3 aliphatic rings. The average molecular weight is 460 g/mol. The van der Waals surface area contributed by atoms with Crippen LogP contribution in [0, 0.1) is 0 Å².